The number of hydrogen-bond acceptors (Lipinski definition) is 5. The quantitative estimate of drug-likeness (QED) is 0.791. The fourth-order valence-electron chi connectivity index (χ4n) is 2.39. The molecule has 8 nitrogen and oxygen atoms in total. The van der Waals surface area contributed by atoms with Crippen molar-refractivity contribution in [2.24, 2.45) is 0 Å². The van der Waals surface area contributed by atoms with Crippen molar-refractivity contribution in [1.29, 1.82) is 0 Å². The van der Waals surface area contributed by atoms with Gasteiger partial charge in [-0.05, 0) is 19.8 Å². The zero-order valence-electron chi connectivity index (χ0n) is 12.0. The first kappa shape index (κ1) is 14.0. The second kappa shape index (κ2) is 5.80. The first-order valence-electron chi connectivity index (χ1n) is 7.29. The third kappa shape index (κ3) is 2.90. The summed E-state index contributed by atoms with van der Waals surface area (Å²) in [6.07, 6.45) is 2.17. The molecular weight excluding hydrogens is 274 g/mol. The lowest BCUT2D eigenvalue weighted by Crippen LogP contribution is -2.56. The summed E-state index contributed by atoms with van der Waals surface area (Å²) in [5.41, 5.74) is 0. The zero-order chi connectivity index (χ0) is 14.8. The molecule has 2 N–H and O–H groups in total. The van der Waals surface area contributed by atoms with Crippen LogP contribution in [0.2, 0.25) is 0 Å². The second-order valence-electron chi connectivity index (χ2n) is 5.30. The Bertz CT molecular complexity index is 540. The molecule has 21 heavy (non-hydrogen) atoms. The van der Waals surface area contributed by atoms with E-state index in [0.29, 0.717) is 25.6 Å². The average Bonchev–Trinajstić information content (AvgIpc) is 3.24. The molecule has 1 aliphatic carbocycles. The highest BCUT2D eigenvalue weighted by molar-refractivity contribution is 5.95. The van der Waals surface area contributed by atoms with Crippen molar-refractivity contribution in [3.63, 3.8) is 0 Å². The smallest absolute Gasteiger partial charge is 0.294 e. The van der Waals surface area contributed by atoms with Crippen LogP contribution in [0.3, 0.4) is 0 Å². The van der Waals surface area contributed by atoms with Gasteiger partial charge in [0.1, 0.15) is 11.9 Å². The maximum Gasteiger partial charge on any atom is 0.294 e. The van der Waals surface area contributed by atoms with Crippen molar-refractivity contribution in [3.05, 3.63) is 11.6 Å². The lowest BCUT2D eigenvalue weighted by atomic mass is 10.2. The van der Waals surface area contributed by atoms with Crippen LogP contribution in [-0.4, -0.2) is 64.2 Å². The van der Waals surface area contributed by atoms with E-state index >= 15 is 0 Å². The highest BCUT2D eigenvalue weighted by atomic mass is 16.5. The maximum atomic E-state index is 12.5. The molecule has 2 aliphatic rings. The Morgan fingerprint density at radius 1 is 1.48 bits per heavy atom. The molecule has 2 fully saturated rings. The van der Waals surface area contributed by atoms with E-state index in [2.05, 4.69) is 20.5 Å². The van der Waals surface area contributed by atoms with E-state index in [-0.39, 0.29) is 24.2 Å². The van der Waals surface area contributed by atoms with E-state index in [1.54, 1.807) is 0 Å². The Balaban J connectivity index is 1.74. The highest BCUT2D eigenvalue weighted by Crippen LogP contribution is 2.37. The molecule has 1 saturated heterocycles. The highest BCUT2D eigenvalue weighted by Gasteiger charge is 2.35. The van der Waals surface area contributed by atoms with Gasteiger partial charge in [0.25, 0.3) is 5.91 Å². The van der Waals surface area contributed by atoms with Crippen LogP contribution in [-0.2, 0) is 9.53 Å². The molecule has 2 heterocycles. The number of carbonyl (C=O) groups excluding carboxylic acids is 2. The molecule has 0 spiro atoms. The predicted molar refractivity (Wildman–Crippen MR) is 72.7 cm³/mol. The van der Waals surface area contributed by atoms with E-state index in [9.17, 15) is 9.59 Å². The third-order valence-corrected chi connectivity index (χ3v) is 3.70. The van der Waals surface area contributed by atoms with Gasteiger partial charge in [-0.1, -0.05) is 0 Å². The molecule has 0 radical (unpaired) electrons. The van der Waals surface area contributed by atoms with Crippen molar-refractivity contribution in [1.82, 2.24) is 25.4 Å². The monoisotopic (exact) mass is 293 g/mol. The maximum absolute atomic E-state index is 12.5. The van der Waals surface area contributed by atoms with Gasteiger partial charge in [0, 0.05) is 19.0 Å². The van der Waals surface area contributed by atoms with Gasteiger partial charge in [-0.2, -0.15) is 0 Å². The van der Waals surface area contributed by atoms with E-state index in [0.717, 1.165) is 18.7 Å². The topological polar surface area (TPSA) is 100 Å². The van der Waals surface area contributed by atoms with Gasteiger partial charge < -0.3 is 15.0 Å². The normalized spacial score (nSPS) is 22.1. The lowest BCUT2D eigenvalue weighted by molar-refractivity contribution is -0.130. The summed E-state index contributed by atoms with van der Waals surface area (Å²) in [5, 5.41) is 9.53. The van der Waals surface area contributed by atoms with Gasteiger partial charge in [-0.3, -0.25) is 14.7 Å². The van der Waals surface area contributed by atoms with Gasteiger partial charge in [-0.25, -0.2) is 4.98 Å². The fraction of sp³-hybridized carbons (Fsp3) is 0.692. The van der Waals surface area contributed by atoms with Gasteiger partial charge >= 0.3 is 0 Å². The van der Waals surface area contributed by atoms with E-state index in [1.165, 1.54) is 4.90 Å². The SMILES string of the molecule is CCNC(=O)C1COCCN1C(=O)c1n[nH]c(C2CC2)n1. The van der Waals surface area contributed by atoms with Gasteiger partial charge in [-0.15, -0.1) is 5.10 Å². The summed E-state index contributed by atoms with van der Waals surface area (Å²) in [4.78, 5) is 30.3. The van der Waals surface area contributed by atoms with Crippen LogP contribution in [0.15, 0.2) is 0 Å². The van der Waals surface area contributed by atoms with Crippen LogP contribution < -0.4 is 5.32 Å². The van der Waals surface area contributed by atoms with Gasteiger partial charge in [0.05, 0.1) is 13.2 Å². The lowest BCUT2D eigenvalue weighted by Gasteiger charge is -2.33. The first-order valence-corrected chi connectivity index (χ1v) is 7.29. The van der Waals surface area contributed by atoms with Gasteiger partial charge in [0.15, 0.2) is 0 Å². The number of nitrogens with one attached hydrogen (secondary N) is 2. The van der Waals surface area contributed by atoms with Crippen molar-refractivity contribution in [2.45, 2.75) is 31.7 Å². The van der Waals surface area contributed by atoms with Crippen LogP contribution in [0.5, 0.6) is 0 Å². The molecule has 1 atom stereocenters. The van der Waals surface area contributed by atoms with Crippen LogP contribution in [0.1, 0.15) is 42.1 Å². The summed E-state index contributed by atoms with van der Waals surface area (Å²) in [6.45, 7) is 3.35. The molecule has 1 aromatic heterocycles. The summed E-state index contributed by atoms with van der Waals surface area (Å²) < 4.78 is 5.32. The van der Waals surface area contributed by atoms with E-state index in [1.807, 2.05) is 6.92 Å². The van der Waals surface area contributed by atoms with Crippen LogP contribution in [0.4, 0.5) is 0 Å². The predicted octanol–water partition coefficient (Wildman–Crippen LogP) is -0.341. The fourth-order valence-corrected chi connectivity index (χ4v) is 2.39. The summed E-state index contributed by atoms with van der Waals surface area (Å²) in [7, 11) is 0. The van der Waals surface area contributed by atoms with E-state index in [4.69, 9.17) is 4.74 Å². The van der Waals surface area contributed by atoms with Crippen molar-refractivity contribution >= 4 is 11.8 Å². The van der Waals surface area contributed by atoms with Crippen LogP contribution in [0, 0.1) is 0 Å². The number of likely N-dealkylation sites (N-methyl/N-ethyl adjacent to an activating group) is 1. The number of rotatable bonds is 4. The molecule has 0 bridgehead atoms. The zero-order valence-corrected chi connectivity index (χ0v) is 12.0. The Hall–Kier alpha value is -1.96. The number of morpholine rings is 1. The molecule has 3 rings (SSSR count). The standard InChI is InChI=1S/C13H19N5O3/c1-2-14-12(19)9-7-21-6-5-18(9)13(20)11-15-10(16-17-11)8-3-4-8/h8-9H,2-7H2,1H3,(H,14,19)(H,15,16,17). The number of amides is 2. The molecule has 0 aromatic carbocycles. The number of hydrogen-bond donors (Lipinski definition) is 2. The molecule has 114 valence electrons. The molecule has 8 heteroatoms. The first-order chi connectivity index (χ1) is 10.2. The Morgan fingerprint density at radius 3 is 3.00 bits per heavy atom. The minimum atomic E-state index is -0.617. The minimum Gasteiger partial charge on any atom is -0.377 e. The molecular formula is C13H19N5O3. The van der Waals surface area contributed by atoms with Crippen LogP contribution in [0.25, 0.3) is 0 Å². The van der Waals surface area contributed by atoms with Crippen LogP contribution >= 0.6 is 0 Å². The average molecular weight is 293 g/mol. The molecule has 2 amide bonds. The number of ether oxygens (including phenoxy) is 1. The van der Waals surface area contributed by atoms with Crippen molar-refractivity contribution in [3.8, 4) is 0 Å². The molecule has 1 aromatic rings. The van der Waals surface area contributed by atoms with Crippen molar-refractivity contribution < 1.29 is 14.3 Å². The molecule has 1 aliphatic heterocycles. The molecule has 1 saturated carbocycles. The Labute approximate surface area is 122 Å². The van der Waals surface area contributed by atoms with E-state index < -0.39 is 6.04 Å². The van der Waals surface area contributed by atoms with Gasteiger partial charge in [0.2, 0.25) is 11.7 Å². The Morgan fingerprint density at radius 2 is 2.29 bits per heavy atom. The third-order valence-electron chi connectivity index (χ3n) is 3.70. The summed E-state index contributed by atoms with van der Waals surface area (Å²) in [6, 6.07) is -0.617. The number of carbonyl (C=O) groups is 2. The summed E-state index contributed by atoms with van der Waals surface area (Å²) in [5.74, 6) is 0.776. The van der Waals surface area contributed by atoms with Crippen molar-refractivity contribution in [2.75, 3.05) is 26.3 Å². The Kier molecular flexibility index (Phi) is 3.87. The molecule has 1 unspecified atom stereocenters. The second-order valence-corrected chi connectivity index (χ2v) is 5.30. The summed E-state index contributed by atoms with van der Waals surface area (Å²) >= 11 is 0. The largest absolute Gasteiger partial charge is 0.377 e. The number of aromatic nitrogens is 3. The number of H-pyrrole nitrogens is 1. The minimum absolute atomic E-state index is 0.132. The number of aromatic amines is 1. The number of nitrogens with zero attached hydrogens (tertiary/aromatic N) is 3.